The number of nitriles is 1. The number of morpholine rings is 1. The van der Waals surface area contributed by atoms with Crippen LogP contribution in [0, 0.1) is 11.3 Å². The van der Waals surface area contributed by atoms with Crippen molar-refractivity contribution in [2.45, 2.75) is 62.1 Å². The number of rotatable bonds is 9. The minimum atomic E-state index is -3.43. The lowest BCUT2D eigenvalue weighted by Gasteiger charge is -2.48. The Kier molecular flexibility index (Phi) is 8.28. The Morgan fingerprint density at radius 3 is 2.42 bits per heavy atom. The van der Waals surface area contributed by atoms with E-state index in [0.29, 0.717) is 29.3 Å². The molecule has 1 aliphatic carbocycles. The zero-order chi connectivity index (χ0) is 26.0. The molecule has 2 aromatic rings. The normalized spacial score (nSPS) is 23.5. The van der Waals surface area contributed by atoms with E-state index < -0.39 is 34.3 Å². The van der Waals surface area contributed by atoms with E-state index in [1.807, 2.05) is 31.2 Å². The second kappa shape index (κ2) is 11.1. The summed E-state index contributed by atoms with van der Waals surface area (Å²) < 4.78 is 33.5. The van der Waals surface area contributed by atoms with E-state index >= 15 is 0 Å². The maximum Gasteiger partial charge on any atom is 0.253 e. The SMILES string of the molecule is CCC(CN(C)S(=O)(=O)C1CC1)N1C(=O)[C@@H](CC#N)O[C@H](c2cccc(Cl)c2)[C@H]1c1ccc(Cl)cc1. The summed E-state index contributed by atoms with van der Waals surface area (Å²) in [6.45, 7) is 2.07. The van der Waals surface area contributed by atoms with Gasteiger partial charge in [-0.2, -0.15) is 5.26 Å². The molecule has 36 heavy (non-hydrogen) atoms. The Labute approximate surface area is 222 Å². The van der Waals surface area contributed by atoms with Gasteiger partial charge in [-0.1, -0.05) is 54.4 Å². The van der Waals surface area contributed by atoms with Crippen molar-refractivity contribution in [1.29, 1.82) is 5.26 Å². The molecule has 4 rings (SSSR count). The molecule has 0 aromatic heterocycles. The van der Waals surface area contributed by atoms with Crippen LogP contribution < -0.4 is 0 Å². The lowest BCUT2D eigenvalue weighted by molar-refractivity contribution is -0.179. The molecular weight excluding hydrogens is 521 g/mol. The van der Waals surface area contributed by atoms with Crippen molar-refractivity contribution in [3.05, 3.63) is 69.7 Å². The third kappa shape index (κ3) is 5.56. The van der Waals surface area contributed by atoms with E-state index in [-0.39, 0.29) is 24.1 Å². The van der Waals surface area contributed by atoms with Crippen molar-refractivity contribution in [3.63, 3.8) is 0 Å². The molecule has 1 heterocycles. The van der Waals surface area contributed by atoms with Crippen molar-refractivity contribution >= 4 is 39.1 Å². The summed E-state index contributed by atoms with van der Waals surface area (Å²) in [6.07, 6.45) is 0.110. The number of carbonyl (C=O) groups excluding carboxylic acids is 1. The summed E-state index contributed by atoms with van der Waals surface area (Å²) in [4.78, 5) is 15.5. The summed E-state index contributed by atoms with van der Waals surface area (Å²) in [6, 6.07) is 15.5. The van der Waals surface area contributed by atoms with Crippen LogP contribution in [0.2, 0.25) is 10.0 Å². The number of nitrogens with zero attached hydrogens (tertiary/aromatic N) is 3. The summed E-state index contributed by atoms with van der Waals surface area (Å²) in [5.41, 5.74) is 1.55. The number of amides is 1. The first-order chi connectivity index (χ1) is 17.2. The number of sulfonamides is 1. The molecule has 1 saturated carbocycles. The lowest BCUT2D eigenvalue weighted by Crippen LogP contribution is -2.57. The molecule has 1 unspecified atom stereocenters. The largest absolute Gasteiger partial charge is 0.357 e. The molecule has 1 amide bonds. The zero-order valence-electron chi connectivity index (χ0n) is 20.2. The Balaban J connectivity index is 1.81. The van der Waals surface area contributed by atoms with Crippen molar-refractivity contribution < 1.29 is 17.9 Å². The molecule has 0 spiro atoms. The fraction of sp³-hybridized carbons (Fsp3) is 0.462. The second-order valence-corrected chi connectivity index (χ2v) is 12.5. The van der Waals surface area contributed by atoms with Gasteiger partial charge in [0.25, 0.3) is 5.91 Å². The van der Waals surface area contributed by atoms with Gasteiger partial charge >= 0.3 is 0 Å². The number of hydrogen-bond acceptors (Lipinski definition) is 5. The Morgan fingerprint density at radius 2 is 1.83 bits per heavy atom. The number of hydrogen-bond donors (Lipinski definition) is 0. The van der Waals surface area contributed by atoms with E-state index in [4.69, 9.17) is 27.9 Å². The first kappa shape index (κ1) is 26.9. The van der Waals surface area contributed by atoms with E-state index in [1.54, 1.807) is 36.2 Å². The van der Waals surface area contributed by atoms with Crippen LogP contribution in [-0.2, 0) is 19.6 Å². The first-order valence-corrected chi connectivity index (χ1v) is 14.2. The van der Waals surface area contributed by atoms with Gasteiger partial charge in [0.2, 0.25) is 10.0 Å². The average molecular weight is 551 g/mol. The summed E-state index contributed by atoms with van der Waals surface area (Å²) >= 11 is 12.5. The van der Waals surface area contributed by atoms with Gasteiger partial charge in [0, 0.05) is 29.7 Å². The Morgan fingerprint density at radius 1 is 1.14 bits per heavy atom. The van der Waals surface area contributed by atoms with Crippen LogP contribution >= 0.6 is 23.2 Å². The Bertz CT molecular complexity index is 1240. The van der Waals surface area contributed by atoms with Crippen LogP contribution in [0.4, 0.5) is 0 Å². The van der Waals surface area contributed by atoms with Gasteiger partial charge in [-0.3, -0.25) is 4.79 Å². The summed E-state index contributed by atoms with van der Waals surface area (Å²) in [7, 11) is -1.86. The lowest BCUT2D eigenvalue weighted by atomic mass is 9.89. The topological polar surface area (TPSA) is 90.7 Å². The number of benzene rings is 2. The van der Waals surface area contributed by atoms with Gasteiger partial charge in [-0.25, -0.2) is 12.7 Å². The van der Waals surface area contributed by atoms with E-state index in [0.717, 1.165) is 11.1 Å². The molecule has 7 nitrogen and oxygen atoms in total. The van der Waals surface area contributed by atoms with Gasteiger partial charge in [0.15, 0.2) is 0 Å². The van der Waals surface area contributed by atoms with E-state index in [9.17, 15) is 18.5 Å². The fourth-order valence-electron chi connectivity index (χ4n) is 4.76. The third-order valence-corrected chi connectivity index (χ3v) is 9.62. The standard InChI is InChI=1S/C26H29Cl2N3O4S/c1-3-21(16-30(2)36(33,34)22-11-12-22)31-24(17-7-9-19(27)10-8-17)25(18-5-4-6-20(28)15-18)35-23(13-14-29)26(31)32/h4-10,15,21-25H,3,11-13,16H2,1-2H3/t21?,23-,24-,25-/m1/s1. The van der Waals surface area contributed by atoms with Crippen molar-refractivity contribution in [3.8, 4) is 6.07 Å². The molecular formula is C26H29Cl2N3O4S. The predicted molar refractivity (Wildman–Crippen MR) is 139 cm³/mol. The van der Waals surface area contributed by atoms with Crippen LogP contribution in [0.5, 0.6) is 0 Å². The summed E-state index contributed by atoms with van der Waals surface area (Å²) in [5, 5.41) is 10.2. The number of ether oxygens (including phenoxy) is 1. The Hall–Kier alpha value is -2.15. The van der Waals surface area contributed by atoms with Gasteiger partial charge < -0.3 is 9.64 Å². The molecule has 2 aliphatic rings. The van der Waals surface area contributed by atoms with Crippen molar-refractivity contribution in [2.24, 2.45) is 0 Å². The van der Waals surface area contributed by atoms with Crippen LogP contribution in [0.1, 0.15) is 55.9 Å². The molecule has 1 aliphatic heterocycles. The molecule has 0 radical (unpaired) electrons. The average Bonchev–Trinajstić information content (AvgIpc) is 3.70. The predicted octanol–water partition coefficient (Wildman–Crippen LogP) is 5.12. The van der Waals surface area contributed by atoms with Crippen molar-refractivity contribution in [2.75, 3.05) is 13.6 Å². The molecule has 0 bridgehead atoms. The fourth-order valence-corrected chi connectivity index (χ4v) is 6.70. The van der Waals surface area contributed by atoms with Crippen LogP contribution in [-0.4, -0.2) is 54.5 Å². The molecule has 0 N–H and O–H groups in total. The number of carbonyl (C=O) groups is 1. The van der Waals surface area contributed by atoms with Crippen molar-refractivity contribution in [1.82, 2.24) is 9.21 Å². The van der Waals surface area contributed by atoms with Gasteiger partial charge in [0.05, 0.1) is 23.8 Å². The summed E-state index contributed by atoms with van der Waals surface area (Å²) in [5.74, 6) is -0.334. The minimum Gasteiger partial charge on any atom is -0.357 e. The number of likely N-dealkylation sites (N-methyl/N-ethyl adjacent to an activating group) is 1. The zero-order valence-corrected chi connectivity index (χ0v) is 22.5. The van der Waals surface area contributed by atoms with Gasteiger partial charge in [0.1, 0.15) is 12.2 Å². The minimum absolute atomic E-state index is 0.119. The molecule has 2 aromatic carbocycles. The van der Waals surface area contributed by atoms with Crippen LogP contribution in [0.15, 0.2) is 48.5 Å². The quantitative estimate of drug-likeness (QED) is 0.433. The number of halogens is 2. The highest BCUT2D eigenvalue weighted by Crippen LogP contribution is 2.45. The van der Waals surface area contributed by atoms with Gasteiger partial charge in [-0.15, -0.1) is 0 Å². The van der Waals surface area contributed by atoms with Crippen LogP contribution in [0.3, 0.4) is 0 Å². The first-order valence-electron chi connectivity index (χ1n) is 12.0. The molecule has 2 fully saturated rings. The molecule has 192 valence electrons. The molecule has 10 heteroatoms. The second-order valence-electron chi connectivity index (χ2n) is 9.29. The highest BCUT2D eigenvalue weighted by Gasteiger charge is 2.47. The highest BCUT2D eigenvalue weighted by molar-refractivity contribution is 7.90. The maximum absolute atomic E-state index is 13.8. The van der Waals surface area contributed by atoms with E-state index in [2.05, 4.69) is 6.07 Å². The van der Waals surface area contributed by atoms with Crippen LogP contribution in [0.25, 0.3) is 0 Å². The molecule has 4 atom stereocenters. The third-order valence-electron chi connectivity index (χ3n) is 6.81. The molecule has 1 saturated heterocycles. The van der Waals surface area contributed by atoms with E-state index in [1.165, 1.54) is 4.31 Å². The smallest absolute Gasteiger partial charge is 0.253 e. The monoisotopic (exact) mass is 549 g/mol. The van der Waals surface area contributed by atoms with Gasteiger partial charge in [-0.05, 0) is 54.7 Å². The maximum atomic E-state index is 13.8. The highest BCUT2D eigenvalue weighted by atomic mass is 35.5.